The normalized spacial score (nSPS) is 17.6. The smallest absolute Gasteiger partial charge is 0.338 e. The van der Waals surface area contributed by atoms with Crippen molar-refractivity contribution in [1.29, 1.82) is 0 Å². The molecule has 1 aromatic rings. The van der Waals surface area contributed by atoms with Crippen molar-refractivity contribution >= 4 is 17.7 Å². The summed E-state index contributed by atoms with van der Waals surface area (Å²) in [5, 5.41) is 5.41. The van der Waals surface area contributed by atoms with Gasteiger partial charge in [0.15, 0.2) is 0 Å². The fourth-order valence-electron chi connectivity index (χ4n) is 1.94. The first kappa shape index (κ1) is 15.3. The third-order valence-electron chi connectivity index (χ3n) is 2.96. The van der Waals surface area contributed by atoms with Gasteiger partial charge in [-0.05, 0) is 38.1 Å². The topological polar surface area (TPSA) is 76.7 Å². The van der Waals surface area contributed by atoms with Gasteiger partial charge in [-0.25, -0.2) is 9.59 Å². The number of hydrogen-bond donors (Lipinski definition) is 2. The van der Waals surface area contributed by atoms with E-state index in [-0.39, 0.29) is 24.1 Å². The van der Waals surface area contributed by atoms with Gasteiger partial charge < -0.3 is 20.1 Å². The molecule has 2 amide bonds. The zero-order valence-electron chi connectivity index (χ0n) is 12.2. The van der Waals surface area contributed by atoms with E-state index in [1.54, 1.807) is 24.3 Å². The van der Waals surface area contributed by atoms with Crippen molar-refractivity contribution in [3.05, 3.63) is 29.8 Å². The van der Waals surface area contributed by atoms with E-state index in [0.29, 0.717) is 24.5 Å². The van der Waals surface area contributed by atoms with Gasteiger partial charge in [-0.2, -0.15) is 0 Å². The van der Waals surface area contributed by atoms with E-state index in [1.807, 2.05) is 13.8 Å². The van der Waals surface area contributed by atoms with Crippen LogP contribution in [-0.2, 0) is 9.47 Å². The fraction of sp³-hybridized carbons (Fsp3) is 0.467. The van der Waals surface area contributed by atoms with Crippen LogP contribution in [0.1, 0.15) is 30.6 Å². The average Bonchev–Trinajstić information content (AvgIpc) is 2.91. The van der Waals surface area contributed by atoms with Crippen LogP contribution < -0.4 is 10.6 Å². The molecule has 6 heteroatoms. The second kappa shape index (κ2) is 7.08. The van der Waals surface area contributed by atoms with Gasteiger partial charge >= 0.3 is 12.0 Å². The predicted molar refractivity (Wildman–Crippen MR) is 78.4 cm³/mol. The Morgan fingerprint density at radius 2 is 2.00 bits per heavy atom. The number of hydrogen-bond acceptors (Lipinski definition) is 4. The van der Waals surface area contributed by atoms with E-state index < -0.39 is 0 Å². The minimum atomic E-state index is -0.372. The molecule has 1 atom stereocenters. The van der Waals surface area contributed by atoms with Crippen LogP contribution in [0.3, 0.4) is 0 Å². The summed E-state index contributed by atoms with van der Waals surface area (Å²) in [6, 6.07) is 6.38. The van der Waals surface area contributed by atoms with Crippen LogP contribution in [0, 0.1) is 0 Å². The maximum atomic E-state index is 11.9. The summed E-state index contributed by atoms with van der Waals surface area (Å²) in [6.45, 7) is 4.85. The highest BCUT2D eigenvalue weighted by atomic mass is 16.6. The van der Waals surface area contributed by atoms with E-state index in [2.05, 4.69) is 10.6 Å². The van der Waals surface area contributed by atoms with Gasteiger partial charge in [0.25, 0.3) is 0 Å². The first-order chi connectivity index (χ1) is 10.0. The Kier molecular flexibility index (Phi) is 5.16. The predicted octanol–water partition coefficient (Wildman–Crippen LogP) is 2.16. The van der Waals surface area contributed by atoms with Crippen molar-refractivity contribution in [3.8, 4) is 0 Å². The summed E-state index contributed by atoms with van der Waals surface area (Å²) in [7, 11) is 0. The van der Waals surface area contributed by atoms with Gasteiger partial charge in [0, 0.05) is 18.2 Å². The maximum Gasteiger partial charge on any atom is 0.338 e. The van der Waals surface area contributed by atoms with Crippen molar-refractivity contribution in [3.63, 3.8) is 0 Å². The van der Waals surface area contributed by atoms with Crippen LogP contribution >= 0.6 is 0 Å². The molecule has 1 aliphatic heterocycles. The molecule has 1 unspecified atom stereocenters. The molecule has 1 saturated heterocycles. The molecule has 1 aromatic carbocycles. The molecule has 0 aliphatic carbocycles. The number of esters is 1. The van der Waals surface area contributed by atoms with Crippen LogP contribution in [0.2, 0.25) is 0 Å². The molecule has 6 nitrogen and oxygen atoms in total. The number of carbonyl (C=O) groups is 2. The number of carbonyl (C=O) groups excluding carboxylic acids is 2. The SMILES string of the molecule is CC(C)NC(=O)Nc1ccc(C(=O)OC2CCOC2)cc1. The Balaban J connectivity index is 1.88. The average molecular weight is 292 g/mol. The summed E-state index contributed by atoms with van der Waals surface area (Å²) in [5.41, 5.74) is 1.07. The maximum absolute atomic E-state index is 11.9. The van der Waals surface area contributed by atoms with Gasteiger partial charge in [-0.3, -0.25) is 0 Å². The van der Waals surface area contributed by atoms with Gasteiger partial charge in [-0.1, -0.05) is 0 Å². The van der Waals surface area contributed by atoms with Crippen molar-refractivity contribution in [2.24, 2.45) is 0 Å². The van der Waals surface area contributed by atoms with E-state index in [9.17, 15) is 9.59 Å². The van der Waals surface area contributed by atoms with E-state index >= 15 is 0 Å². The quantitative estimate of drug-likeness (QED) is 0.834. The molecule has 114 valence electrons. The fourth-order valence-corrected chi connectivity index (χ4v) is 1.94. The number of rotatable bonds is 4. The number of benzene rings is 1. The molecule has 0 aromatic heterocycles. The molecule has 2 N–H and O–H groups in total. The number of urea groups is 1. The zero-order valence-corrected chi connectivity index (χ0v) is 12.2. The number of ether oxygens (including phenoxy) is 2. The molecular formula is C15H20N2O4. The zero-order chi connectivity index (χ0) is 15.2. The molecule has 1 aliphatic rings. The molecule has 0 bridgehead atoms. The molecule has 0 spiro atoms. The molecular weight excluding hydrogens is 272 g/mol. The second-order valence-corrected chi connectivity index (χ2v) is 5.22. The first-order valence-corrected chi connectivity index (χ1v) is 7.01. The Bertz CT molecular complexity index is 493. The molecule has 1 heterocycles. The minimum absolute atomic E-state index is 0.0629. The Labute approximate surface area is 123 Å². The molecule has 0 saturated carbocycles. The molecule has 0 radical (unpaired) electrons. The van der Waals surface area contributed by atoms with E-state index in [1.165, 1.54) is 0 Å². The van der Waals surface area contributed by atoms with E-state index in [0.717, 1.165) is 6.42 Å². The largest absolute Gasteiger partial charge is 0.456 e. The van der Waals surface area contributed by atoms with Crippen molar-refractivity contribution in [2.45, 2.75) is 32.4 Å². The van der Waals surface area contributed by atoms with Gasteiger partial charge in [-0.15, -0.1) is 0 Å². The monoisotopic (exact) mass is 292 g/mol. The standard InChI is InChI=1S/C15H20N2O4/c1-10(2)16-15(19)17-12-5-3-11(4-6-12)14(18)21-13-7-8-20-9-13/h3-6,10,13H,7-9H2,1-2H3,(H2,16,17,19). The lowest BCUT2D eigenvalue weighted by Gasteiger charge is -2.11. The number of nitrogens with one attached hydrogen (secondary N) is 2. The van der Waals surface area contributed by atoms with Crippen molar-refractivity contribution in [1.82, 2.24) is 5.32 Å². The third-order valence-corrected chi connectivity index (χ3v) is 2.96. The minimum Gasteiger partial charge on any atom is -0.456 e. The van der Waals surface area contributed by atoms with Crippen LogP contribution in [0.5, 0.6) is 0 Å². The Morgan fingerprint density at radius 1 is 1.29 bits per heavy atom. The summed E-state index contributed by atoms with van der Waals surface area (Å²) < 4.78 is 10.5. The van der Waals surface area contributed by atoms with Gasteiger partial charge in [0.05, 0.1) is 18.8 Å². The van der Waals surface area contributed by atoms with Crippen molar-refractivity contribution in [2.75, 3.05) is 18.5 Å². The lowest BCUT2D eigenvalue weighted by molar-refractivity contribution is 0.0270. The number of anilines is 1. The summed E-state index contributed by atoms with van der Waals surface area (Å²) in [4.78, 5) is 23.4. The van der Waals surface area contributed by atoms with Crippen LogP contribution in [0.25, 0.3) is 0 Å². The summed E-state index contributed by atoms with van der Waals surface area (Å²) >= 11 is 0. The first-order valence-electron chi connectivity index (χ1n) is 7.01. The summed E-state index contributed by atoms with van der Waals surface area (Å²) in [6.07, 6.45) is 0.577. The lowest BCUT2D eigenvalue weighted by atomic mass is 10.2. The van der Waals surface area contributed by atoms with Gasteiger partial charge in [0.2, 0.25) is 0 Å². The molecule has 2 rings (SSSR count). The number of amides is 2. The third kappa shape index (κ3) is 4.75. The molecule has 21 heavy (non-hydrogen) atoms. The lowest BCUT2D eigenvalue weighted by Crippen LogP contribution is -2.34. The van der Waals surface area contributed by atoms with Crippen LogP contribution in [-0.4, -0.2) is 37.4 Å². The highest BCUT2D eigenvalue weighted by Gasteiger charge is 2.20. The van der Waals surface area contributed by atoms with Crippen molar-refractivity contribution < 1.29 is 19.1 Å². The highest BCUT2D eigenvalue weighted by molar-refractivity contribution is 5.92. The van der Waals surface area contributed by atoms with Gasteiger partial charge in [0.1, 0.15) is 6.10 Å². The second-order valence-electron chi connectivity index (χ2n) is 5.22. The molecule has 1 fully saturated rings. The Morgan fingerprint density at radius 3 is 2.57 bits per heavy atom. The van der Waals surface area contributed by atoms with Crippen LogP contribution in [0.4, 0.5) is 10.5 Å². The highest BCUT2D eigenvalue weighted by Crippen LogP contribution is 2.14. The Hall–Kier alpha value is -2.08. The van der Waals surface area contributed by atoms with Crippen LogP contribution in [0.15, 0.2) is 24.3 Å². The summed E-state index contributed by atoms with van der Waals surface area (Å²) in [5.74, 6) is -0.372. The van der Waals surface area contributed by atoms with E-state index in [4.69, 9.17) is 9.47 Å².